The molecule has 3 nitrogen and oxygen atoms in total. The Morgan fingerprint density at radius 1 is 1.41 bits per heavy atom. The molecule has 90 valence electrons. The number of nitrogens with two attached hydrogens (primary N) is 1. The third-order valence-corrected chi connectivity index (χ3v) is 2.82. The van der Waals surface area contributed by atoms with Gasteiger partial charge in [-0.1, -0.05) is 11.6 Å². The number of nitrogens with zero attached hydrogens (tertiary/aromatic N) is 1. The van der Waals surface area contributed by atoms with Gasteiger partial charge in [0.15, 0.2) is 5.13 Å². The number of anilines is 1. The van der Waals surface area contributed by atoms with Crippen LogP contribution >= 0.6 is 11.3 Å². The molecule has 0 atom stereocenters. The third-order valence-electron chi connectivity index (χ3n) is 2.15. The molecule has 0 aliphatic carbocycles. The van der Waals surface area contributed by atoms with Crippen LogP contribution in [0.3, 0.4) is 0 Å². The van der Waals surface area contributed by atoms with Gasteiger partial charge in [0.25, 0.3) is 0 Å². The topological polar surface area (TPSA) is 48.1 Å². The van der Waals surface area contributed by atoms with Gasteiger partial charge in [-0.15, -0.1) is 11.3 Å². The summed E-state index contributed by atoms with van der Waals surface area (Å²) in [6.45, 7) is -0.988. The molecule has 0 saturated heterocycles. The van der Waals surface area contributed by atoms with Crippen LogP contribution in [-0.2, 0) is 0 Å². The first kappa shape index (κ1) is 11.8. The number of hydrogen-bond acceptors (Lipinski definition) is 4. The van der Waals surface area contributed by atoms with Gasteiger partial charge in [0.1, 0.15) is 5.75 Å². The summed E-state index contributed by atoms with van der Waals surface area (Å²) in [5, 5.41) is 2.10. The van der Waals surface area contributed by atoms with Crippen molar-refractivity contribution in [3.8, 4) is 17.0 Å². The zero-order valence-electron chi connectivity index (χ0n) is 8.98. The normalized spacial score (nSPS) is 10.8. The molecular formula is C11H10F2N2OS. The van der Waals surface area contributed by atoms with Crippen LogP contribution < -0.4 is 10.5 Å². The molecule has 0 saturated carbocycles. The summed E-state index contributed by atoms with van der Waals surface area (Å²) in [6.07, 6.45) is 0. The van der Waals surface area contributed by atoms with E-state index in [1.165, 1.54) is 17.4 Å². The summed E-state index contributed by atoms with van der Waals surface area (Å²) in [5.41, 5.74) is 7.54. The lowest BCUT2D eigenvalue weighted by Gasteiger charge is -2.09. The van der Waals surface area contributed by atoms with Crippen molar-refractivity contribution < 1.29 is 13.5 Å². The lowest BCUT2D eigenvalue weighted by molar-refractivity contribution is -0.0494. The minimum Gasteiger partial charge on any atom is -0.434 e. The van der Waals surface area contributed by atoms with Crippen LogP contribution in [0.5, 0.6) is 5.75 Å². The Bertz CT molecular complexity index is 528. The van der Waals surface area contributed by atoms with E-state index in [-0.39, 0.29) is 5.75 Å². The number of nitrogen functional groups attached to an aromatic ring is 1. The molecule has 0 bridgehead atoms. The van der Waals surface area contributed by atoms with Gasteiger partial charge in [0.05, 0.1) is 5.69 Å². The molecule has 0 aliphatic rings. The lowest BCUT2D eigenvalue weighted by atomic mass is 10.1. The Labute approximate surface area is 101 Å². The van der Waals surface area contributed by atoms with Crippen LogP contribution in [0.2, 0.25) is 0 Å². The monoisotopic (exact) mass is 256 g/mol. The zero-order chi connectivity index (χ0) is 12.4. The summed E-state index contributed by atoms with van der Waals surface area (Å²) in [7, 11) is 0. The second kappa shape index (κ2) is 4.67. The summed E-state index contributed by atoms with van der Waals surface area (Å²) < 4.78 is 29.0. The smallest absolute Gasteiger partial charge is 0.387 e. The van der Waals surface area contributed by atoms with E-state index in [4.69, 9.17) is 5.73 Å². The molecule has 6 heteroatoms. The predicted molar refractivity (Wildman–Crippen MR) is 63.3 cm³/mol. The van der Waals surface area contributed by atoms with Gasteiger partial charge in [-0.25, -0.2) is 4.98 Å². The Balaban J connectivity index is 2.46. The maximum Gasteiger partial charge on any atom is 0.387 e. The second-order valence-electron chi connectivity index (χ2n) is 3.45. The number of hydrogen-bond donors (Lipinski definition) is 1. The van der Waals surface area contributed by atoms with E-state index in [2.05, 4.69) is 9.72 Å². The number of ether oxygens (including phenoxy) is 1. The van der Waals surface area contributed by atoms with Gasteiger partial charge >= 0.3 is 6.61 Å². The molecule has 0 spiro atoms. The predicted octanol–water partition coefficient (Wildman–Crippen LogP) is 3.30. The minimum atomic E-state index is -2.85. The van der Waals surface area contributed by atoms with E-state index in [0.29, 0.717) is 16.4 Å². The Morgan fingerprint density at radius 2 is 2.18 bits per heavy atom. The van der Waals surface area contributed by atoms with Gasteiger partial charge in [-0.2, -0.15) is 8.78 Å². The van der Waals surface area contributed by atoms with Crippen LogP contribution in [0.4, 0.5) is 13.9 Å². The first-order chi connectivity index (χ1) is 8.06. The fourth-order valence-electron chi connectivity index (χ4n) is 1.45. The highest BCUT2D eigenvalue weighted by Crippen LogP contribution is 2.33. The number of rotatable bonds is 3. The molecule has 2 aromatic rings. The zero-order valence-corrected chi connectivity index (χ0v) is 9.80. The summed E-state index contributed by atoms with van der Waals surface area (Å²) in [5.74, 6) is 0.107. The van der Waals surface area contributed by atoms with Crippen molar-refractivity contribution in [3.63, 3.8) is 0 Å². The van der Waals surface area contributed by atoms with E-state index in [0.717, 1.165) is 5.56 Å². The average molecular weight is 256 g/mol. The van der Waals surface area contributed by atoms with Crippen molar-refractivity contribution in [2.24, 2.45) is 0 Å². The van der Waals surface area contributed by atoms with Gasteiger partial charge in [-0.3, -0.25) is 0 Å². The fraction of sp³-hybridized carbons (Fsp3) is 0.182. The van der Waals surface area contributed by atoms with E-state index < -0.39 is 6.61 Å². The molecule has 0 unspecified atom stereocenters. The quantitative estimate of drug-likeness (QED) is 0.916. The van der Waals surface area contributed by atoms with Gasteiger partial charge in [0, 0.05) is 10.9 Å². The van der Waals surface area contributed by atoms with E-state index in [1.54, 1.807) is 17.5 Å². The molecule has 1 aromatic heterocycles. The van der Waals surface area contributed by atoms with Gasteiger partial charge in [-0.05, 0) is 19.1 Å². The molecule has 17 heavy (non-hydrogen) atoms. The van der Waals surface area contributed by atoms with Crippen molar-refractivity contribution >= 4 is 16.5 Å². The van der Waals surface area contributed by atoms with Crippen molar-refractivity contribution in [3.05, 3.63) is 29.1 Å². The standard InChI is InChI=1S/C11H10F2N2OS/c1-6-2-3-9(16-10(12)13)7(4-6)8-5-17-11(14)15-8/h2-5,10H,1H3,(H2,14,15). The van der Waals surface area contributed by atoms with Crippen molar-refractivity contribution in [2.75, 3.05) is 5.73 Å². The second-order valence-corrected chi connectivity index (χ2v) is 4.34. The highest BCUT2D eigenvalue weighted by molar-refractivity contribution is 7.13. The molecule has 0 amide bonds. The Hall–Kier alpha value is -1.69. The largest absolute Gasteiger partial charge is 0.434 e. The van der Waals surface area contributed by atoms with Crippen LogP contribution in [0.25, 0.3) is 11.3 Å². The van der Waals surface area contributed by atoms with Gasteiger partial charge < -0.3 is 10.5 Å². The Kier molecular flexibility index (Phi) is 3.23. The molecule has 0 radical (unpaired) electrons. The molecule has 0 aliphatic heterocycles. The van der Waals surface area contributed by atoms with Crippen LogP contribution in [0.15, 0.2) is 23.6 Å². The average Bonchev–Trinajstić information content (AvgIpc) is 2.67. The molecule has 0 fully saturated rings. The highest BCUT2D eigenvalue weighted by Gasteiger charge is 2.13. The first-order valence-electron chi connectivity index (χ1n) is 4.83. The highest BCUT2D eigenvalue weighted by atomic mass is 32.1. The number of aryl methyl sites for hydroxylation is 1. The van der Waals surface area contributed by atoms with Gasteiger partial charge in [0.2, 0.25) is 0 Å². The summed E-state index contributed by atoms with van der Waals surface area (Å²) in [6, 6.07) is 4.95. The number of alkyl halides is 2. The molecular weight excluding hydrogens is 246 g/mol. The van der Waals surface area contributed by atoms with E-state index in [1.807, 2.05) is 6.92 Å². The molecule has 1 aromatic carbocycles. The molecule has 2 rings (SSSR count). The van der Waals surface area contributed by atoms with Crippen LogP contribution in [0, 0.1) is 6.92 Å². The maximum atomic E-state index is 12.3. The van der Waals surface area contributed by atoms with Crippen LogP contribution in [-0.4, -0.2) is 11.6 Å². The first-order valence-corrected chi connectivity index (χ1v) is 5.71. The number of thiazole rings is 1. The minimum absolute atomic E-state index is 0.107. The molecule has 2 N–H and O–H groups in total. The van der Waals surface area contributed by atoms with E-state index in [9.17, 15) is 8.78 Å². The van der Waals surface area contributed by atoms with Crippen molar-refractivity contribution in [2.45, 2.75) is 13.5 Å². The summed E-state index contributed by atoms with van der Waals surface area (Å²) in [4.78, 5) is 4.06. The number of aromatic nitrogens is 1. The van der Waals surface area contributed by atoms with Crippen LogP contribution in [0.1, 0.15) is 5.56 Å². The number of benzene rings is 1. The Morgan fingerprint density at radius 3 is 2.76 bits per heavy atom. The van der Waals surface area contributed by atoms with Crippen molar-refractivity contribution in [1.82, 2.24) is 4.98 Å². The number of halogens is 2. The lowest BCUT2D eigenvalue weighted by Crippen LogP contribution is -2.03. The molecule has 1 heterocycles. The maximum absolute atomic E-state index is 12.3. The fourth-order valence-corrected chi connectivity index (χ4v) is 2.02. The van der Waals surface area contributed by atoms with E-state index >= 15 is 0 Å². The van der Waals surface area contributed by atoms with Crippen molar-refractivity contribution in [1.29, 1.82) is 0 Å². The SMILES string of the molecule is Cc1ccc(OC(F)F)c(-c2csc(N)n2)c1. The summed E-state index contributed by atoms with van der Waals surface area (Å²) >= 11 is 1.26. The third kappa shape index (κ3) is 2.71.